The molecule has 1 saturated carbocycles. The Morgan fingerprint density at radius 1 is 1.00 bits per heavy atom. The largest absolute Gasteiger partial charge is 0.481 e. The number of ether oxygens (including phenoxy) is 1. The van der Waals surface area contributed by atoms with Gasteiger partial charge in [0.25, 0.3) is 5.91 Å². The number of hydrogen-bond acceptors (Lipinski definition) is 4. The molecule has 1 aromatic heterocycles. The summed E-state index contributed by atoms with van der Waals surface area (Å²) in [6.07, 6.45) is 4.33. The topological polar surface area (TPSA) is 83.0 Å². The summed E-state index contributed by atoms with van der Waals surface area (Å²) in [5, 5.41) is 9.16. The highest BCUT2D eigenvalue weighted by atomic mass is 16.5. The zero-order valence-electron chi connectivity index (χ0n) is 16.5. The normalized spacial score (nSPS) is 17.1. The van der Waals surface area contributed by atoms with Crippen LogP contribution >= 0.6 is 0 Å². The van der Waals surface area contributed by atoms with E-state index in [0.29, 0.717) is 37.4 Å². The molecule has 1 aromatic carbocycles. The first kappa shape index (κ1) is 19.2. The summed E-state index contributed by atoms with van der Waals surface area (Å²) in [4.78, 5) is 32.1. The number of pyridine rings is 1. The van der Waals surface area contributed by atoms with Gasteiger partial charge in [-0.2, -0.15) is 0 Å². The molecule has 1 N–H and O–H groups in total. The van der Waals surface area contributed by atoms with Crippen LogP contribution in [0.3, 0.4) is 0 Å². The van der Waals surface area contributed by atoms with Gasteiger partial charge in [0.05, 0.1) is 7.11 Å². The van der Waals surface area contributed by atoms with Crippen LogP contribution in [0.2, 0.25) is 0 Å². The molecule has 7 heteroatoms. The third-order valence-electron chi connectivity index (χ3n) is 5.71. The maximum absolute atomic E-state index is 13.2. The fourth-order valence-electron chi connectivity index (χ4n) is 3.94. The minimum absolute atomic E-state index is 0.0423. The number of hydrogen-bond donors (Lipinski definition) is 1. The minimum atomic E-state index is -0.878. The molecule has 1 aliphatic heterocycles. The van der Waals surface area contributed by atoms with Crippen LogP contribution in [-0.2, 0) is 0 Å². The van der Waals surface area contributed by atoms with Gasteiger partial charge < -0.3 is 19.6 Å². The summed E-state index contributed by atoms with van der Waals surface area (Å²) in [6.45, 7) is 0.972. The molecule has 2 fully saturated rings. The van der Waals surface area contributed by atoms with Crippen molar-refractivity contribution >= 4 is 12.0 Å². The van der Waals surface area contributed by atoms with Crippen LogP contribution < -0.4 is 4.74 Å². The summed E-state index contributed by atoms with van der Waals surface area (Å²) in [6, 6.07) is 11.8. The molecule has 4 rings (SSSR count). The number of methoxy groups -OCH3 is 1. The lowest BCUT2D eigenvalue weighted by atomic mass is 10.0. The van der Waals surface area contributed by atoms with Crippen LogP contribution in [0.4, 0.5) is 4.79 Å². The molecule has 1 aliphatic carbocycles. The lowest BCUT2D eigenvalue weighted by Gasteiger charge is -2.38. The van der Waals surface area contributed by atoms with Gasteiger partial charge >= 0.3 is 6.09 Å². The monoisotopic (exact) mass is 395 g/mol. The maximum atomic E-state index is 13.2. The van der Waals surface area contributed by atoms with Crippen LogP contribution in [0.25, 0.3) is 11.1 Å². The highest BCUT2D eigenvalue weighted by Gasteiger charge is 2.39. The van der Waals surface area contributed by atoms with Crippen LogP contribution in [0.5, 0.6) is 5.88 Å². The van der Waals surface area contributed by atoms with E-state index in [0.717, 1.165) is 24.0 Å². The lowest BCUT2D eigenvalue weighted by molar-refractivity contribution is 0.0551. The molecule has 0 spiro atoms. The van der Waals surface area contributed by atoms with Crippen LogP contribution in [0.1, 0.15) is 36.0 Å². The molecule has 2 amide bonds. The van der Waals surface area contributed by atoms with Crippen molar-refractivity contribution < 1.29 is 19.4 Å². The molecule has 2 heterocycles. The SMILES string of the molecule is COc1ccc(-c2ccc(C(=O)N(C3CC3)C3CCN(C(=O)O)CC3)cc2)cn1. The zero-order chi connectivity index (χ0) is 20.4. The lowest BCUT2D eigenvalue weighted by Crippen LogP contribution is -2.49. The third kappa shape index (κ3) is 4.18. The number of likely N-dealkylation sites (tertiary alicyclic amines) is 1. The van der Waals surface area contributed by atoms with E-state index in [1.165, 1.54) is 4.90 Å². The van der Waals surface area contributed by atoms with Gasteiger partial charge in [0.1, 0.15) is 0 Å². The molecule has 0 bridgehead atoms. The predicted octanol–water partition coefficient (Wildman–Crippen LogP) is 3.50. The van der Waals surface area contributed by atoms with Crippen LogP contribution in [0.15, 0.2) is 42.6 Å². The quantitative estimate of drug-likeness (QED) is 0.838. The van der Waals surface area contributed by atoms with E-state index < -0.39 is 6.09 Å². The Kier molecular flexibility index (Phi) is 5.38. The minimum Gasteiger partial charge on any atom is -0.481 e. The molecular weight excluding hydrogens is 370 g/mol. The van der Waals surface area contributed by atoms with Crippen molar-refractivity contribution in [3.05, 3.63) is 48.2 Å². The van der Waals surface area contributed by atoms with Crippen LogP contribution in [0, 0.1) is 0 Å². The van der Waals surface area contributed by atoms with Crippen LogP contribution in [-0.4, -0.2) is 64.2 Å². The van der Waals surface area contributed by atoms with Crippen molar-refractivity contribution in [1.29, 1.82) is 0 Å². The molecule has 7 nitrogen and oxygen atoms in total. The summed E-state index contributed by atoms with van der Waals surface area (Å²) in [5.41, 5.74) is 2.62. The van der Waals surface area contributed by atoms with Crippen molar-refractivity contribution in [1.82, 2.24) is 14.8 Å². The summed E-state index contributed by atoms with van der Waals surface area (Å²) >= 11 is 0. The van der Waals surface area contributed by atoms with E-state index >= 15 is 0 Å². The number of carboxylic acid groups (broad SMARTS) is 1. The van der Waals surface area contributed by atoms with Crippen molar-refractivity contribution in [3.63, 3.8) is 0 Å². The number of rotatable bonds is 5. The van der Waals surface area contributed by atoms with Gasteiger partial charge in [-0.3, -0.25) is 4.79 Å². The Hall–Kier alpha value is -3.09. The van der Waals surface area contributed by atoms with Crippen molar-refractivity contribution in [2.75, 3.05) is 20.2 Å². The molecule has 152 valence electrons. The Bertz CT molecular complexity index is 870. The molecule has 0 unspecified atom stereocenters. The molecule has 0 radical (unpaired) electrons. The first-order valence-electron chi connectivity index (χ1n) is 9.98. The van der Waals surface area contributed by atoms with Gasteiger partial charge in [-0.15, -0.1) is 0 Å². The standard InChI is InChI=1S/C22H25N3O4/c1-29-20-9-6-17(14-23-20)15-2-4-16(5-3-15)21(26)25(18-7-8-18)19-10-12-24(13-11-19)22(27)28/h2-6,9,14,18-19H,7-8,10-13H2,1H3,(H,27,28). The Morgan fingerprint density at radius 2 is 1.62 bits per heavy atom. The van der Waals surface area contributed by atoms with E-state index in [9.17, 15) is 9.59 Å². The highest BCUT2D eigenvalue weighted by Crippen LogP contribution is 2.33. The van der Waals surface area contributed by atoms with Gasteiger partial charge in [0.2, 0.25) is 5.88 Å². The summed E-state index contributed by atoms with van der Waals surface area (Å²) in [7, 11) is 1.58. The van der Waals surface area contributed by atoms with Gasteiger partial charge in [0, 0.05) is 48.6 Å². The van der Waals surface area contributed by atoms with E-state index in [1.807, 2.05) is 41.3 Å². The Balaban J connectivity index is 1.47. The van der Waals surface area contributed by atoms with Gasteiger partial charge in [-0.1, -0.05) is 12.1 Å². The molecular formula is C22H25N3O4. The average Bonchev–Trinajstić information content (AvgIpc) is 3.59. The predicted molar refractivity (Wildman–Crippen MR) is 108 cm³/mol. The van der Waals surface area contributed by atoms with E-state index in [-0.39, 0.29) is 18.0 Å². The Morgan fingerprint density at radius 3 is 2.14 bits per heavy atom. The first-order valence-corrected chi connectivity index (χ1v) is 9.98. The fraction of sp³-hybridized carbons (Fsp3) is 0.409. The summed E-state index contributed by atoms with van der Waals surface area (Å²) in [5.74, 6) is 0.607. The molecule has 0 atom stereocenters. The summed E-state index contributed by atoms with van der Waals surface area (Å²) < 4.78 is 5.09. The third-order valence-corrected chi connectivity index (χ3v) is 5.71. The molecule has 1 saturated heterocycles. The number of amides is 2. The smallest absolute Gasteiger partial charge is 0.407 e. The van der Waals surface area contributed by atoms with E-state index in [2.05, 4.69) is 4.98 Å². The number of piperidine rings is 1. The Labute approximate surface area is 169 Å². The molecule has 29 heavy (non-hydrogen) atoms. The van der Waals surface area contributed by atoms with E-state index in [1.54, 1.807) is 13.3 Å². The highest BCUT2D eigenvalue weighted by molar-refractivity contribution is 5.95. The second-order valence-electron chi connectivity index (χ2n) is 7.61. The van der Waals surface area contributed by atoms with Crippen molar-refractivity contribution in [3.8, 4) is 17.0 Å². The molecule has 2 aromatic rings. The van der Waals surface area contributed by atoms with Crippen molar-refractivity contribution in [2.24, 2.45) is 0 Å². The van der Waals surface area contributed by atoms with E-state index in [4.69, 9.17) is 9.84 Å². The van der Waals surface area contributed by atoms with Crippen molar-refractivity contribution in [2.45, 2.75) is 37.8 Å². The van der Waals surface area contributed by atoms with Gasteiger partial charge in [0.15, 0.2) is 0 Å². The number of carbonyl (C=O) groups excluding carboxylic acids is 1. The fourth-order valence-corrected chi connectivity index (χ4v) is 3.94. The number of benzene rings is 1. The zero-order valence-corrected chi connectivity index (χ0v) is 16.5. The van der Waals surface area contributed by atoms with Gasteiger partial charge in [-0.05, 0) is 49.4 Å². The maximum Gasteiger partial charge on any atom is 0.407 e. The number of nitrogens with zero attached hydrogens (tertiary/aromatic N) is 3. The first-order chi connectivity index (χ1) is 14.1. The second kappa shape index (κ2) is 8.11. The number of carbonyl (C=O) groups is 2. The van der Waals surface area contributed by atoms with Gasteiger partial charge in [-0.25, -0.2) is 9.78 Å². The number of aromatic nitrogens is 1. The molecule has 2 aliphatic rings. The second-order valence-corrected chi connectivity index (χ2v) is 7.61. The average molecular weight is 395 g/mol.